The van der Waals surface area contributed by atoms with E-state index in [0.717, 1.165) is 10.9 Å². The number of hydrogen-bond acceptors (Lipinski definition) is 3. The molecule has 20 heavy (non-hydrogen) atoms. The molecule has 0 amide bonds. The van der Waals surface area contributed by atoms with Gasteiger partial charge in [-0.2, -0.15) is 0 Å². The lowest BCUT2D eigenvalue weighted by Crippen LogP contribution is -2.29. The van der Waals surface area contributed by atoms with Crippen molar-refractivity contribution in [3.8, 4) is 0 Å². The topological polar surface area (TPSA) is 38.0 Å². The van der Waals surface area contributed by atoms with E-state index in [-0.39, 0.29) is 6.04 Å². The summed E-state index contributed by atoms with van der Waals surface area (Å²) in [6.07, 6.45) is 0.872. The van der Waals surface area contributed by atoms with E-state index >= 15 is 0 Å². The summed E-state index contributed by atoms with van der Waals surface area (Å²) in [5.41, 5.74) is 5.49. The standard InChI is InChI=1S/C16H15BrN2S/c17-12-5-3-4-11(8-12)9-15(19-18)14-10-20-16-7-2-1-6-13(14)16/h1-8,10,15,19H,9,18H2. The molecule has 0 saturated carbocycles. The average molecular weight is 347 g/mol. The van der Waals surface area contributed by atoms with Crippen molar-refractivity contribution in [2.24, 2.45) is 5.84 Å². The van der Waals surface area contributed by atoms with Crippen LogP contribution in [0.15, 0.2) is 58.4 Å². The highest BCUT2D eigenvalue weighted by Gasteiger charge is 2.15. The van der Waals surface area contributed by atoms with Crippen molar-refractivity contribution in [2.45, 2.75) is 12.5 Å². The molecule has 0 aliphatic carbocycles. The van der Waals surface area contributed by atoms with Gasteiger partial charge in [0.2, 0.25) is 0 Å². The zero-order valence-corrected chi connectivity index (χ0v) is 13.2. The van der Waals surface area contributed by atoms with Crippen molar-refractivity contribution in [1.82, 2.24) is 5.43 Å². The molecule has 2 aromatic carbocycles. The first-order valence-corrected chi connectivity index (χ1v) is 8.12. The molecule has 2 nitrogen and oxygen atoms in total. The fourth-order valence-corrected chi connectivity index (χ4v) is 3.89. The van der Waals surface area contributed by atoms with Gasteiger partial charge in [-0.3, -0.25) is 11.3 Å². The van der Waals surface area contributed by atoms with E-state index in [2.05, 4.69) is 69.2 Å². The van der Waals surface area contributed by atoms with Gasteiger partial charge in [0.1, 0.15) is 0 Å². The fourth-order valence-electron chi connectivity index (χ4n) is 2.43. The Labute approximate surface area is 130 Å². The van der Waals surface area contributed by atoms with Crippen LogP contribution in [0.1, 0.15) is 17.2 Å². The highest BCUT2D eigenvalue weighted by Crippen LogP contribution is 2.31. The van der Waals surface area contributed by atoms with Gasteiger partial charge in [-0.05, 0) is 46.5 Å². The molecule has 3 aromatic rings. The van der Waals surface area contributed by atoms with Crippen molar-refractivity contribution in [2.75, 3.05) is 0 Å². The molecule has 1 aromatic heterocycles. The maximum absolute atomic E-state index is 5.78. The molecular formula is C16H15BrN2S. The molecule has 0 saturated heterocycles. The predicted octanol–water partition coefficient (Wildman–Crippen LogP) is 4.41. The molecular weight excluding hydrogens is 332 g/mol. The van der Waals surface area contributed by atoms with Gasteiger partial charge in [0.05, 0.1) is 6.04 Å². The Balaban J connectivity index is 1.93. The fraction of sp³-hybridized carbons (Fsp3) is 0.125. The second kappa shape index (κ2) is 6.06. The Morgan fingerprint density at radius 2 is 2.00 bits per heavy atom. The number of rotatable bonds is 4. The summed E-state index contributed by atoms with van der Waals surface area (Å²) in [5, 5.41) is 3.49. The highest BCUT2D eigenvalue weighted by molar-refractivity contribution is 9.10. The van der Waals surface area contributed by atoms with Crippen molar-refractivity contribution in [3.05, 3.63) is 69.5 Å². The van der Waals surface area contributed by atoms with Crippen LogP contribution in [-0.2, 0) is 6.42 Å². The molecule has 0 bridgehead atoms. The Hall–Kier alpha value is -1.20. The van der Waals surface area contributed by atoms with Crippen molar-refractivity contribution in [3.63, 3.8) is 0 Å². The Morgan fingerprint density at radius 1 is 1.15 bits per heavy atom. The molecule has 102 valence electrons. The van der Waals surface area contributed by atoms with Crippen LogP contribution in [-0.4, -0.2) is 0 Å². The number of nitrogens with one attached hydrogen (secondary N) is 1. The minimum absolute atomic E-state index is 0.125. The van der Waals surface area contributed by atoms with Crippen LogP contribution in [0.4, 0.5) is 0 Å². The molecule has 0 aliphatic rings. The minimum Gasteiger partial charge on any atom is -0.271 e. The summed E-state index contributed by atoms with van der Waals surface area (Å²) in [6.45, 7) is 0. The number of thiophene rings is 1. The monoisotopic (exact) mass is 346 g/mol. The van der Waals surface area contributed by atoms with E-state index in [1.54, 1.807) is 11.3 Å². The van der Waals surface area contributed by atoms with E-state index < -0.39 is 0 Å². The van der Waals surface area contributed by atoms with Gasteiger partial charge >= 0.3 is 0 Å². The first kappa shape index (κ1) is 13.8. The lowest BCUT2D eigenvalue weighted by atomic mass is 9.99. The van der Waals surface area contributed by atoms with Crippen LogP contribution in [0.5, 0.6) is 0 Å². The third-order valence-corrected chi connectivity index (χ3v) is 4.89. The smallest absolute Gasteiger partial charge is 0.0514 e. The van der Waals surface area contributed by atoms with Gasteiger partial charge < -0.3 is 0 Å². The molecule has 1 heterocycles. The molecule has 1 atom stereocenters. The average Bonchev–Trinajstić information content (AvgIpc) is 2.89. The molecule has 3 N–H and O–H groups in total. The summed E-state index contributed by atoms with van der Waals surface area (Å²) in [7, 11) is 0. The number of halogens is 1. The van der Waals surface area contributed by atoms with Crippen molar-refractivity contribution >= 4 is 37.4 Å². The van der Waals surface area contributed by atoms with Gasteiger partial charge in [0.15, 0.2) is 0 Å². The molecule has 1 unspecified atom stereocenters. The third kappa shape index (κ3) is 2.79. The molecule has 0 aliphatic heterocycles. The zero-order valence-electron chi connectivity index (χ0n) is 10.8. The van der Waals surface area contributed by atoms with Crippen LogP contribution >= 0.6 is 27.3 Å². The summed E-state index contributed by atoms with van der Waals surface area (Å²) in [6, 6.07) is 16.9. The summed E-state index contributed by atoms with van der Waals surface area (Å²) in [5.74, 6) is 5.78. The van der Waals surface area contributed by atoms with E-state index in [4.69, 9.17) is 5.84 Å². The number of nitrogens with two attached hydrogens (primary N) is 1. The Morgan fingerprint density at radius 3 is 2.80 bits per heavy atom. The maximum Gasteiger partial charge on any atom is 0.0514 e. The van der Waals surface area contributed by atoms with Crippen LogP contribution in [0, 0.1) is 0 Å². The van der Waals surface area contributed by atoms with E-state index in [9.17, 15) is 0 Å². The van der Waals surface area contributed by atoms with E-state index in [1.807, 2.05) is 6.07 Å². The first-order chi connectivity index (χ1) is 9.78. The summed E-state index contributed by atoms with van der Waals surface area (Å²) < 4.78 is 2.40. The van der Waals surface area contributed by atoms with E-state index in [1.165, 1.54) is 21.2 Å². The second-order valence-electron chi connectivity index (χ2n) is 4.74. The van der Waals surface area contributed by atoms with Crippen LogP contribution < -0.4 is 11.3 Å². The minimum atomic E-state index is 0.125. The first-order valence-electron chi connectivity index (χ1n) is 6.44. The highest BCUT2D eigenvalue weighted by atomic mass is 79.9. The lowest BCUT2D eigenvalue weighted by molar-refractivity contribution is 0.556. The molecule has 3 rings (SSSR count). The molecule has 0 spiro atoms. The molecule has 0 radical (unpaired) electrons. The van der Waals surface area contributed by atoms with Gasteiger partial charge in [-0.1, -0.05) is 46.3 Å². The summed E-state index contributed by atoms with van der Waals surface area (Å²) in [4.78, 5) is 0. The van der Waals surface area contributed by atoms with E-state index in [0.29, 0.717) is 0 Å². The molecule has 0 fully saturated rings. The largest absolute Gasteiger partial charge is 0.271 e. The van der Waals surface area contributed by atoms with Gasteiger partial charge in [-0.15, -0.1) is 11.3 Å². The SMILES string of the molecule is NNC(Cc1cccc(Br)c1)c1csc2ccccc12. The number of fused-ring (bicyclic) bond motifs is 1. The second-order valence-corrected chi connectivity index (χ2v) is 6.57. The quantitative estimate of drug-likeness (QED) is 0.542. The van der Waals surface area contributed by atoms with Crippen molar-refractivity contribution < 1.29 is 0 Å². The number of benzene rings is 2. The predicted molar refractivity (Wildman–Crippen MR) is 89.7 cm³/mol. The van der Waals surface area contributed by atoms with Gasteiger partial charge in [0.25, 0.3) is 0 Å². The Kier molecular flexibility index (Phi) is 4.17. The third-order valence-electron chi connectivity index (χ3n) is 3.42. The van der Waals surface area contributed by atoms with Crippen LogP contribution in [0.3, 0.4) is 0 Å². The summed E-state index contributed by atoms with van der Waals surface area (Å²) >= 11 is 5.28. The normalized spacial score (nSPS) is 12.7. The van der Waals surface area contributed by atoms with Crippen molar-refractivity contribution in [1.29, 1.82) is 0 Å². The Bertz CT molecular complexity index is 723. The van der Waals surface area contributed by atoms with Gasteiger partial charge in [-0.25, -0.2) is 0 Å². The van der Waals surface area contributed by atoms with Crippen LogP contribution in [0.25, 0.3) is 10.1 Å². The van der Waals surface area contributed by atoms with Gasteiger partial charge in [0, 0.05) is 9.17 Å². The lowest BCUT2D eigenvalue weighted by Gasteiger charge is -2.16. The number of hydrazine groups is 1. The zero-order chi connectivity index (χ0) is 13.9. The molecule has 4 heteroatoms. The van der Waals surface area contributed by atoms with Crippen LogP contribution in [0.2, 0.25) is 0 Å². The number of hydrogen-bond donors (Lipinski definition) is 2. The maximum atomic E-state index is 5.78.